The summed E-state index contributed by atoms with van der Waals surface area (Å²) in [5.74, 6) is 0.341. The minimum absolute atomic E-state index is 0. The van der Waals surface area contributed by atoms with E-state index < -0.39 is 0 Å². The normalized spacial score (nSPS) is 19.7. The largest absolute Gasteiger partial charge is 0.338 e. The van der Waals surface area contributed by atoms with Crippen molar-refractivity contribution in [1.82, 2.24) is 9.80 Å². The highest BCUT2D eigenvalue weighted by atomic mass is 35.5. The molecular formula is C24H31Cl2N3O. The molecule has 0 radical (unpaired) electrons. The molecule has 2 N–H and O–H groups in total. The van der Waals surface area contributed by atoms with Gasteiger partial charge in [-0.2, -0.15) is 0 Å². The van der Waals surface area contributed by atoms with E-state index in [1.807, 2.05) is 47.4 Å². The second-order valence-corrected chi connectivity index (χ2v) is 8.97. The lowest BCUT2D eigenvalue weighted by atomic mass is 9.77. The molecule has 4 rings (SSSR count). The van der Waals surface area contributed by atoms with Gasteiger partial charge in [0.25, 0.3) is 0 Å². The van der Waals surface area contributed by atoms with Crippen molar-refractivity contribution in [2.24, 2.45) is 11.1 Å². The molecule has 2 aliphatic rings. The van der Waals surface area contributed by atoms with E-state index in [-0.39, 0.29) is 23.9 Å². The summed E-state index contributed by atoms with van der Waals surface area (Å²) in [6.07, 6.45) is 3.86. The molecule has 30 heavy (non-hydrogen) atoms. The number of benzene rings is 2. The maximum absolute atomic E-state index is 13.2. The monoisotopic (exact) mass is 447 g/mol. The Morgan fingerprint density at radius 3 is 2.27 bits per heavy atom. The van der Waals surface area contributed by atoms with E-state index in [1.165, 1.54) is 5.56 Å². The van der Waals surface area contributed by atoms with Crippen molar-refractivity contribution in [3.8, 4) is 0 Å². The van der Waals surface area contributed by atoms with Gasteiger partial charge in [-0.3, -0.25) is 4.79 Å². The molecule has 1 spiro atoms. The van der Waals surface area contributed by atoms with Crippen molar-refractivity contribution in [3.63, 3.8) is 0 Å². The molecule has 2 fully saturated rings. The third kappa shape index (κ3) is 5.17. The molecule has 2 aliphatic heterocycles. The number of likely N-dealkylation sites (tertiary alicyclic amines) is 2. The molecule has 2 saturated heterocycles. The number of halogens is 2. The molecule has 0 saturated carbocycles. The van der Waals surface area contributed by atoms with Gasteiger partial charge in [-0.25, -0.2) is 0 Å². The third-order valence-corrected chi connectivity index (χ3v) is 6.94. The Bertz CT molecular complexity index is 820. The van der Waals surface area contributed by atoms with Crippen LogP contribution in [0.1, 0.15) is 42.9 Å². The van der Waals surface area contributed by atoms with Gasteiger partial charge in [0, 0.05) is 24.2 Å². The summed E-state index contributed by atoms with van der Waals surface area (Å²) in [5.41, 5.74) is 8.55. The minimum Gasteiger partial charge on any atom is -0.338 e. The first kappa shape index (κ1) is 23.1. The summed E-state index contributed by atoms with van der Waals surface area (Å²) in [6, 6.07) is 18.2. The summed E-state index contributed by atoms with van der Waals surface area (Å²) in [5, 5.41) is 0.734. The van der Waals surface area contributed by atoms with Gasteiger partial charge >= 0.3 is 0 Å². The zero-order valence-electron chi connectivity index (χ0n) is 17.3. The highest BCUT2D eigenvalue weighted by molar-refractivity contribution is 6.30. The van der Waals surface area contributed by atoms with E-state index in [2.05, 4.69) is 17.0 Å². The van der Waals surface area contributed by atoms with E-state index >= 15 is 0 Å². The fraction of sp³-hybridized carbons (Fsp3) is 0.458. The molecule has 162 valence electrons. The average Bonchev–Trinajstić information content (AvgIpc) is 3.05. The van der Waals surface area contributed by atoms with Gasteiger partial charge in [-0.05, 0) is 68.6 Å². The number of nitrogens with zero attached hydrogens (tertiary/aromatic N) is 2. The highest BCUT2D eigenvalue weighted by Gasteiger charge is 2.47. The molecule has 1 atom stereocenters. The first-order valence-electron chi connectivity index (χ1n) is 10.6. The maximum Gasteiger partial charge on any atom is 0.229 e. The third-order valence-electron chi connectivity index (χ3n) is 6.69. The molecule has 2 heterocycles. The summed E-state index contributed by atoms with van der Waals surface area (Å²) in [4.78, 5) is 17.7. The minimum atomic E-state index is -0.148. The fourth-order valence-electron chi connectivity index (χ4n) is 4.71. The van der Waals surface area contributed by atoms with Crippen LogP contribution < -0.4 is 5.73 Å². The summed E-state index contributed by atoms with van der Waals surface area (Å²) in [6.45, 7) is 4.52. The van der Waals surface area contributed by atoms with Crippen molar-refractivity contribution in [2.75, 3.05) is 26.2 Å². The van der Waals surface area contributed by atoms with E-state index in [0.29, 0.717) is 12.5 Å². The summed E-state index contributed by atoms with van der Waals surface area (Å²) in [7, 11) is 0. The lowest BCUT2D eigenvalue weighted by Gasteiger charge is -2.38. The van der Waals surface area contributed by atoms with Crippen molar-refractivity contribution in [1.29, 1.82) is 0 Å². The zero-order valence-corrected chi connectivity index (χ0v) is 18.9. The lowest BCUT2D eigenvalue weighted by molar-refractivity contribution is -0.138. The van der Waals surface area contributed by atoms with Gasteiger partial charge in [-0.1, -0.05) is 54.1 Å². The Balaban J connectivity index is 0.00000256. The molecule has 0 bridgehead atoms. The second-order valence-electron chi connectivity index (χ2n) is 8.53. The first-order chi connectivity index (χ1) is 14.1. The van der Waals surface area contributed by atoms with Crippen LogP contribution in [0.5, 0.6) is 0 Å². The second kappa shape index (κ2) is 10.1. The summed E-state index contributed by atoms with van der Waals surface area (Å²) < 4.78 is 0. The molecule has 2 aromatic carbocycles. The predicted octanol–water partition coefficient (Wildman–Crippen LogP) is 4.67. The predicted molar refractivity (Wildman–Crippen MR) is 125 cm³/mol. The van der Waals surface area contributed by atoms with Gasteiger partial charge in [0.05, 0.1) is 5.41 Å². The van der Waals surface area contributed by atoms with Gasteiger partial charge < -0.3 is 15.5 Å². The van der Waals surface area contributed by atoms with Gasteiger partial charge in [0.15, 0.2) is 0 Å². The molecule has 0 unspecified atom stereocenters. The Hall–Kier alpha value is -1.59. The zero-order chi connectivity index (χ0) is 20.3. The SMILES string of the molecule is Cl.N[C@@H](CCN1CCC2(CC1)CCN(Cc1ccc(Cl)cc1)C2=O)c1ccccc1. The number of rotatable bonds is 6. The number of carbonyl (C=O) groups is 1. The molecule has 6 heteroatoms. The average molecular weight is 448 g/mol. The smallest absolute Gasteiger partial charge is 0.229 e. The van der Waals surface area contributed by atoms with E-state index in [1.54, 1.807) is 0 Å². The number of piperidine rings is 1. The maximum atomic E-state index is 13.2. The standard InChI is InChI=1S/C24H30ClN3O.ClH/c25-21-8-6-19(7-9-21)18-28-17-13-24(23(28)29)11-15-27(16-12-24)14-10-22(26)20-4-2-1-3-5-20;/h1-9,22H,10-18,26H2;1H/t22-;/m0./s1. The van der Waals surface area contributed by atoms with Gasteiger partial charge in [0.1, 0.15) is 0 Å². The molecular weight excluding hydrogens is 417 g/mol. The van der Waals surface area contributed by atoms with Crippen molar-refractivity contribution in [2.45, 2.75) is 38.3 Å². The molecule has 2 aromatic rings. The van der Waals surface area contributed by atoms with Crippen LogP contribution in [-0.4, -0.2) is 41.9 Å². The Kier molecular flexibility index (Phi) is 7.81. The van der Waals surface area contributed by atoms with Crippen LogP contribution in [0.3, 0.4) is 0 Å². The Morgan fingerprint density at radius 1 is 0.967 bits per heavy atom. The van der Waals surface area contributed by atoms with Crippen LogP contribution in [0.15, 0.2) is 54.6 Å². The Morgan fingerprint density at radius 2 is 1.60 bits per heavy atom. The number of carbonyl (C=O) groups excluding carboxylic acids is 1. The van der Waals surface area contributed by atoms with Crippen LogP contribution in [0, 0.1) is 5.41 Å². The fourth-order valence-corrected chi connectivity index (χ4v) is 4.84. The molecule has 0 aliphatic carbocycles. The summed E-state index contributed by atoms with van der Waals surface area (Å²) >= 11 is 5.97. The van der Waals surface area contributed by atoms with E-state index in [4.69, 9.17) is 17.3 Å². The topological polar surface area (TPSA) is 49.6 Å². The van der Waals surface area contributed by atoms with Gasteiger partial charge in [-0.15, -0.1) is 12.4 Å². The van der Waals surface area contributed by atoms with Crippen LogP contribution in [0.4, 0.5) is 0 Å². The lowest BCUT2D eigenvalue weighted by Crippen LogP contribution is -2.45. The first-order valence-corrected chi connectivity index (χ1v) is 11.0. The number of hydrogen-bond acceptors (Lipinski definition) is 3. The Labute approximate surface area is 190 Å². The van der Waals surface area contributed by atoms with Crippen molar-refractivity contribution in [3.05, 3.63) is 70.7 Å². The molecule has 0 aromatic heterocycles. The van der Waals surface area contributed by atoms with Crippen LogP contribution in [0.25, 0.3) is 0 Å². The van der Waals surface area contributed by atoms with Crippen molar-refractivity contribution < 1.29 is 4.79 Å². The van der Waals surface area contributed by atoms with Crippen LogP contribution >= 0.6 is 24.0 Å². The number of amides is 1. The van der Waals surface area contributed by atoms with E-state index in [0.717, 1.165) is 62.4 Å². The molecule has 1 amide bonds. The van der Waals surface area contributed by atoms with Crippen molar-refractivity contribution >= 4 is 29.9 Å². The number of nitrogens with two attached hydrogens (primary N) is 1. The van der Waals surface area contributed by atoms with E-state index in [9.17, 15) is 4.79 Å². The van der Waals surface area contributed by atoms with Crippen LogP contribution in [0.2, 0.25) is 5.02 Å². The van der Waals surface area contributed by atoms with Gasteiger partial charge in [0.2, 0.25) is 5.91 Å². The molecule has 4 nitrogen and oxygen atoms in total. The number of hydrogen-bond donors (Lipinski definition) is 1. The van der Waals surface area contributed by atoms with Crippen LogP contribution in [-0.2, 0) is 11.3 Å². The quantitative estimate of drug-likeness (QED) is 0.699. The highest BCUT2D eigenvalue weighted by Crippen LogP contribution is 2.42.